The number of aliphatic hydroxyl groups is 3. The second kappa shape index (κ2) is 16.8. The van der Waals surface area contributed by atoms with Crippen LogP contribution >= 0.6 is 0 Å². The molecule has 16 nitrogen and oxygen atoms in total. The summed E-state index contributed by atoms with van der Waals surface area (Å²) >= 11 is 0. The first-order valence-electron chi connectivity index (χ1n) is 21.2. The fraction of sp³-hybridized carbons (Fsp3) is 0.881. The van der Waals surface area contributed by atoms with Gasteiger partial charge in [0.05, 0.1) is 55.2 Å². The predicted molar refractivity (Wildman–Crippen MR) is 200 cm³/mol. The zero-order valence-electron chi connectivity index (χ0n) is 34.9. The van der Waals surface area contributed by atoms with Crippen molar-refractivity contribution in [3.8, 4) is 0 Å². The minimum Gasteiger partial charge on any atom is -0.469 e. The Bertz CT molecular complexity index is 1540. The van der Waals surface area contributed by atoms with Gasteiger partial charge in [0.2, 0.25) is 5.79 Å². The summed E-state index contributed by atoms with van der Waals surface area (Å²) in [5.41, 5.74) is 2.23. The number of aliphatic hydroxyl groups excluding tert-OH is 3. The van der Waals surface area contributed by atoms with Crippen molar-refractivity contribution >= 4 is 5.97 Å². The van der Waals surface area contributed by atoms with E-state index in [1.807, 2.05) is 27.0 Å². The van der Waals surface area contributed by atoms with Crippen molar-refractivity contribution < 1.29 is 77.0 Å². The van der Waals surface area contributed by atoms with Crippen LogP contribution in [0.2, 0.25) is 0 Å². The summed E-state index contributed by atoms with van der Waals surface area (Å²) in [5, 5.41) is 32.9. The van der Waals surface area contributed by atoms with Crippen molar-refractivity contribution in [3.05, 3.63) is 23.5 Å². The zero-order valence-corrected chi connectivity index (χ0v) is 34.9. The van der Waals surface area contributed by atoms with Crippen LogP contribution < -0.4 is 0 Å². The molecule has 2 aliphatic carbocycles. The quantitative estimate of drug-likeness (QED) is 0.227. The van der Waals surface area contributed by atoms with E-state index in [1.165, 1.54) is 19.8 Å². The molecule has 0 aromatic carbocycles. The summed E-state index contributed by atoms with van der Waals surface area (Å²) in [4.78, 5) is 13.7. The molecule has 0 aromatic heterocycles. The van der Waals surface area contributed by atoms with Gasteiger partial charge in [0, 0.05) is 34.7 Å². The van der Waals surface area contributed by atoms with Crippen LogP contribution in [-0.4, -0.2) is 153 Å². The second-order valence-electron chi connectivity index (χ2n) is 18.0. The van der Waals surface area contributed by atoms with Crippen LogP contribution in [0.5, 0.6) is 0 Å². The Hall–Kier alpha value is -1.77. The molecule has 0 aromatic rings. The Balaban J connectivity index is 0.881. The molecule has 0 amide bonds. The van der Waals surface area contributed by atoms with E-state index in [-0.39, 0.29) is 47.8 Å². The van der Waals surface area contributed by atoms with Gasteiger partial charge < -0.3 is 72.2 Å². The first-order valence-corrected chi connectivity index (χ1v) is 21.2. The Kier molecular flexibility index (Phi) is 12.5. The van der Waals surface area contributed by atoms with Crippen LogP contribution in [0.3, 0.4) is 0 Å². The van der Waals surface area contributed by atoms with E-state index in [9.17, 15) is 20.1 Å². The third-order valence-corrected chi connectivity index (χ3v) is 14.6. The molecule has 8 rings (SSSR count). The summed E-state index contributed by atoms with van der Waals surface area (Å²) in [6, 6.07) is 0. The maximum Gasteiger partial charge on any atom is 0.309 e. The average Bonchev–Trinajstić information content (AvgIpc) is 3.71. The van der Waals surface area contributed by atoms with Crippen LogP contribution in [-0.2, 0) is 61.6 Å². The number of hydrogen-bond donors (Lipinski definition) is 3. The molecule has 5 saturated heterocycles. The number of allylic oxidation sites excluding steroid dienone is 1. The lowest BCUT2D eigenvalue weighted by Crippen LogP contribution is -2.62. The van der Waals surface area contributed by atoms with E-state index >= 15 is 0 Å². The Morgan fingerprint density at radius 3 is 2.24 bits per heavy atom. The molecule has 0 unspecified atom stereocenters. The number of carbonyl (C=O) groups excluding carboxylic acids is 1. The lowest BCUT2D eigenvalue weighted by molar-refractivity contribution is -0.360. The minimum absolute atomic E-state index is 0.0806. The molecule has 3 N–H and O–H groups in total. The first-order chi connectivity index (χ1) is 27.7. The highest BCUT2D eigenvalue weighted by molar-refractivity contribution is 5.74. The van der Waals surface area contributed by atoms with Crippen LogP contribution in [0.15, 0.2) is 23.5 Å². The normalized spacial score (nSPS) is 51.8. The lowest BCUT2D eigenvalue weighted by Gasteiger charge is -2.51. The SMILES string of the molecule is CO[C@@H]1[C@@H](O)[C@H](O[C@@H]2[C@H](C)O[C@@H](O[C@H]3[C@H](OC)[C@@H](O)[C@H](O[C@@H]4CC[C@]5(C)C(=CC[C@H]6C(=O)O[C@H]7CO[C@]8(C)OC=C(CC[C@@H]65)[C@H]78)C4)O[C@@H]3C)C[C@@H]2OC)O[C@H](C)[C@H]1O. The molecule has 8 aliphatic rings. The van der Waals surface area contributed by atoms with Gasteiger partial charge in [-0.25, -0.2) is 0 Å². The van der Waals surface area contributed by atoms with Gasteiger partial charge in [-0.2, -0.15) is 0 Å². The van der Waals surface area contributed by atoms with Crippen molar-refractivity contribution in [2.75, 3.05) is 27.9 Å². The predicted octanol–water partition coefficient (Wildman–Crippen LogP) is 2.63. The number of esters is 1. The van der Waals surface area contributed by atoms with Gasteiger partial charge in [-0.3, -0.25) is 4.79 Å². The van der Waals surface area contributed by atoms with E-state index in [2.05, 4.69) is 13.0 Å². The van der Waals surface area contributed by atoms with Crippen molar-refractivity contribution in [1.82, 2.24) is 0 Å². The minimum atomic E-state index is -1.24. The second-order valence-corrected chi connectivity index (χ2v) is 18.0. The van der Waals surface area contributed by atoms with Crippen molar-refractivity contribution in [1.29, 1.82) is 0 Å². The van der Waals surface area contributed by atoms with E-state index in [0.717, 1.165) is 31.3 Å². The summed E-state index contributed by atoms with van der Waals surface area (Å²) in [5.74, 6) is -1.12. The van der Waals surface area contributed by atoms with E-state index in [4.69, 9.17) is 56.8 Å². The third kappa shape index (κ3) is 7.60. The van der Waals surface area contributed by atoms with Crippen LogP contribution in [0.1, 0.15) is 79.6 Å². The topological polar surface area (TPSA) is 189 Å². The third-order valence-electron chi connectivity index (χ3n) is 14.6. The van der Waals surface area contributed by atoms with E-state index < -0.39 is 91.8 Å². The van der Waals surface area contributed by atoms with Crippen molar-refractivity contribution in [3.63, 3.8) is 0 Å². The highest BCUT2D eigenvalue weighted by atomic mass is 16.8. The summed E-state index contributed by atoms with van der Waals surface area (Å²) in [6.45, 7) is 9.92. The molecule has 0 spiro atoms. The molecule has 6 heterocycles. The maximum absolute atomic E-state index is 13.7. The molecule has 58 heavy (non-hydrogen) atoms. The Morgan fingerprint density at radius 1 is 0.793 bits per heavy atom. The molecule has 0 bridgehead atoms. The molecular weight excluding hydrogens is 760 g/mol. The van der Waals surface area contributed by atoms with Gasteiger partial charge in [0.1, 0.15) is 48.8 Å². The van der Waals surface area contributed by atoms with E-state index in [0.29, 0.717) is 19.4 Å². The Labute approximate surface area is 340 Å². The maximum atomic E-state index is 13.7. The molecule has 1 saturated carbocycles. The highest BCUT2D eigenvalue weighted by Crippen LogP contribution is 2.57. The first kappa shape index (κ1) is 42.9. The lowest BCUT2D eigenvalue weighted by atomic mass is 9.55. The van der Waals surface area contributed by atoms with Crippen molar-refractivity contribution in [2.45, 2.75) is 184 Å². The van der Waals surface area contributed by atoms with Crippen LogP contribution in [0.4, 0.5) is 0 Å². The van der Waals surface area contributed by atoms with Gasteiger partial charge in [-0.1, -0.05) is 18.6 Å². The van der Waals surface area contributed by atoms with Crippen molar-refractivity contribution in [2.24, 2.45) is 23.2 Å². The molecule has 21 atom stereocenters. The van der Waals surface area contributed by atoms with E-state index in [1.54, 1.807) is 14.0 Å². The van der Waals surface area contributed by atoms with Gasteiger partial charge in [0.25, 0.3) is 0 Å². The number of hydrogen-bond acceptors (Lipinski definition) is 16. The number of carbonyl (C=O) groups is 1. The number of fused-ring (bicyclic) bond motifs is 3. The summed E-state index contributed by atoms with van der Waals surface area (Å²) in [7, 11) is 4.50. The van der Waals surface area contributed by atoms with Gasteiger partial charge in [-0.05, 0) is 76.2 Å². The summed E-state index contributed by atoms with van der Waals surface area (Å²) in [6.07, 6.45) is -3.17. The Morgan fingerprint density at radius 2 is 1.50 bits per heavy atom. The molecular formula is C42H64O16. The van der Waals surface area contributed by atoms with Crippen LogP contribution in [0, 0.1) is 23.2 Å². The van der Waals surface area contributed by atoms with Gasteiger partial charge in [-0.15, -0.1) is 0 Å². The monoisotopic (exact) mass is 824 g/mol. The zero-order chi connectivity index (χ0) is 41.3. The number of ether oxygens (including phenoxy) is 12. The fourth-order valence-corrected chi connectivity index (χ4v) is 11.3. The molecule has 328 valence electrons. The standard InChI is InChI=1S/C42H64O16/c1-19-31(43)36(48-7)32(44)40(53-19)58-34-20(2)52-29(16-27(34)47-6)57-35-21(3)54-39(33(45)37(35)49-8)55-24-13-14-41(4)23(15-24)10-11-25-26(41)12-9-22-17-50-42(5)30(22)28(18-51-42)56-38(25)46/h10,17,19-21,24-37,39-40,43-45H,9,11-16,18H2,1-8H3/t19-,20+,21-,24-,25-,26+,27+,28+,29+,30-,31-,32-,33-,34-,35-,36+,37-,39+,40+,41-,42+/m1/s1. The van der Waals surface area contributed by atoms with Gasteiger partial charge in [0.15, 0.2) is 18.9 Å². The fourth-order valence-electron chi connectivity index (χ4n) is 11.3. The smallest absolute Gasteiger partial charge is 0.309 e. The molecule has 6 fully saturated rings. The molecule has 16 heteroatoms. The highest BCUT2D eigenvalue weighted by Gasteiger charge is 2.58. The number of rotatable bonds is 9. The van der Waals surface area contributed by atoms with Gasteiger partial charge >= 0.3 is 5.97 Å². The van der Waals surface area contributed by atoms with Crippen LogP contribution in [0.25, 0.3) is 0 Å². The summed E-state index contributed by atoms with van der Waals surface area (Å²) < 4.78 is 72.8. The number of methoxy groups -OCH3 is 3. The molecule has 0 radical (unpaired) electrons. The average molecular weight is 825 g/mol. The largest absolute Gasteiger partial charge is 0.469 e. The molecule has 6 aliphatic heterocycles.